The third-order valence-corrected chi connectivity index (χ3v) is 5.83. The fraction of sp³-hybridized carbons (Fsp3) is 0.500. The molecule has 2 bridgehead atoms. The van der Waals surface area contributed by atoms with Gasteiger partial charge in [-0.1, -0.05) is 30.3 Å². The fourth-order valence-electron chi connectivity index (χ4n) is 4.53. The molecule has 0 saturated carbocycles. The first kappa shape index (κ1) is 16.3. The highest BCUT2D eigenvalue weighted by molar-refractivity contribution is 5.72. The highest BCUT2D eigenvalue weighted by Gasteiger charge is 2.41. The van der Waals surface area contributed by atoms with Crippen molar-refractivity contribution in [2.24, 2.45) is 13.0 Å². The molecule has 132 valence electrons. The van der Waals surface area contributed by atoms with Crippen LogP contribution in [0.2, 0.25) is 0 Å². The van der Waals surface area contributed by atoms with Gasteiger partial charge in [0, 0.05) is 50.3 Å². The molecule has 2 aromatic rings. The van der Waals surface area contributed by atoms with E-state index in [0.717, 1.165) is 31.7 Å². The molecule has 5 heteroatoms. The number of hydrogen-bond acceptors (Lipinski definition) is 3. The smallest absolute Gasteiger partial charge is 0.216 e. The predicted octanol–water partition coefficient (Wildman–Crippen LogP) is 2.40. The third kappa shape index (κ3) is 3.21. The summed E-state index contributed by atoms with van der Waals surface area (Å²) < 4.78 is 2.07. The first-order chi connectivity index (χ1) is 12.1. The third-order valence-electron chi connectivity index (χ3n) is 5.83. The molecule has 3 fully saturated rings. The van der Waals surface area contributed by atoms with E-state index in [0.29, 0.717) is 17.9 Å². The van der Waals surface area contributed by atoms with Crippen molar-refractivity contribution in [3.05, 3.63) is 42.1 Å². The second-order valence-corrected chi connectivity index (χ2v) is 7.42. The van der Waals surface area contributed by atoms with Gasteiger partial charge in [-0.25, -0.2) is 0 Å². The van der Waals surface area contributed by atoms with E-state index in [2.05, 4.69) is 52.3 Å². The van der Waals surface area contributed by atoms with Gasteiger partial charge in [-0.05, 0) is 31.4 Å². The molecule has 3 aliphatic heterocycles. The Labute approximate surface area is 149 Å². The quantitative estimate of drug-likeness (QED) is 0.931. The molecule has 0 spiro atoms. The number of carbonyl (C=O) groups excluding carboxylic acids is 1. The monoisotopic (exact) mass is 338 g/mol. The molecule has 1 aromatic carbocycles. The van der Waals surface area contributed by atoms with Crippen molar-refractivity contribution in [3.63, 3.8) is 0 Å². The van der Waals surface area contributed by atoms with Crippen LogP contribution >= 0.6 is 0 Å². The van der Waals surface area contributed by atoms with E-state index in [9.17, 15) is 4.79 Å². The van der Waals surface area contributed by atoms with E-state index in [-0.39, 0.29) is 5.91 Å². The summed E-state index contributed by atoms with van der Waals surface area (Å²) in [5, 5.41) is 7.75. The summed E-state index contributed by atoms with van der Waals surface area (Å²) in [4.78, 5) is 13.8. The van der Waals surface area contributed by atoms with Crippen LogP contribution in [-0.2, 0) is 11.8 Å². The molecule has 4 heterocycles. The summed E-state index contributed by atoms with van der Waals surface area (Å²) >= 11 is 0. The van der Waals surface area contributed by atoms with Crippen LogP contribution in [0.1, 0.15) is 31.4 Å². The summed E-state index contributed by atoms with van der Waals surface area (Å²) in [5.41, 5.74) is 3.57. The molecule has 5 nitrogen and oxygen atoms in total. The van der Waals surface area contributed by atoms with E-state index in [1.165, 1.54) is 17.7 Å². The first-order valence-corrected chi connectivity index (χ1v) is 9.19. The van der Waals surface area contributed by atoms with Crippen LogP contribution < -0.4 is 5.32 Å². The van der Waals surface area contributed by atoms with Crippen LogP contribution in [0, 0.1) is 5.92 Å². The van der Waals surface area contributed by atoms with Gasteiger partial charge in [-0.15, -0.1) is 0 Å². The predicted molar refractivity (Wildman–Crippen MR) is 98.2 cm³/mol. The number of carbonyl (C=O) groups is 1. The maximum atomic E-state index is 11.2. The van der Waals surface area contributed by atoms with Crippen LogP contribution in [0.15, 0.2) is 36.4 Å². The molecule has 1 N–H and O–H groups in total. The lowest BCUT2D eigenvalue weighted by Gasteiger charge is -2.49. The average molecular weight is 338 g/mol. The summed E-state index contributed by atoms with van der Waals surface area (Å²) in [6.07, 6.45) is 2.41. The molecular formula is C20H26N4O. The summed E-state index contributed by atoms with van der Waals surface area (Å²) in [6, 6.07) is 13.1. The van der Waals surface area contributed by atoms with E-state index >= 15 is 0 Å². The molecule has 3 saturated heterocycles. The fourth-order valence-corrected chi connectivity index (χ4v) is 4.53. The first-order valence-electron chi connectivity index (χ1n) is 9.19. The van der Waals surface area contributed by atoms with Crippen molar-refractivity contribution in [3.8, 4) is 11.3 Å². The SMILES string of the molecule is CC(=O)NC[C@H]1C[C@H]2CCN1C[C@@H]2c1cc(-c2ccccc2)nn1C. The second-order valence-electron chi connectivity index (χ2n) is 7.42. The Bertz CT molecular complexity index is 754. The molecule has 1 aromatic heterocycles. The zero-order valence-corrected chi connectivity index (χ0v) is 15.0. The highest BCUT2D eigenvalue weighted by atomic mass is 16.1. The number of hydrogen-bond donors (Lipinski definition) is 1. The van der Waals surface area contributed by atoms with Crippen molar-refractivity contribution in [2.75, 3.05) is 19.6 Å². The minimum Gasteiger partial charge on any atom is -0.355 e. The van der Waals surface area contributed by atoms with Crippen molar-refractivity contribution >= 4 is 5.91 Å². The number of aryl methyl sites for hydroxylation is 1. The number of benzene rings is 1. The topological polar surface area (TPSA) is 50.2 Å². The number of aromatic nitrogens is 2. The molecule has 3 aliphatic rings. The number of nitrogens with zero attached hydrogens (tertiary/aromatic N) is 3. The molecule has 1 unspecified atom stereocenters. The molecule has 25 heavy (non-hydrogen) atoms. The maximum Gasteiger partial charge on any atom is 0.216 e. The van der Waals surface area contributed by atoms with Gasteiger partial charge >= 0.3 is 0 Å². The van der Waals surface area contributed by atoms with Gasteiger partial charge in [-0.2, -0.15) is 5.10 Å². The lowest BCUT2D eigenvalue weighted by atomic mass is 9.74. The van der Waals surface area contributed by atoms with Crippen LogP contribution in [0.5, 0.6) is 0 Å². The Hall–Kier alpha value is -2.14. The van der Waals surface area contributed by atoms with Crippen molar-refractivity contribution in [1.29, 1.82) is 0 Å². The van der Waals surface area contributed by atoms with Gasteiger partial charge in [0.05, 0.1) is 5.69 Å². The summed E-state index contributed by atoms with van der Waals surface area (Å²) in [5.74, 6) is 1.29. The summed E-state index contributed by atoms with van der Waals surface area (Å²) in [7, 11) is 2.06. The Balaban J connectivity index is 1.52. The zero-order valence-electron chi connectivity index (χ0n) is 15.0. The number of amides is 1. The van der Waals surface area contributed by atoms with Gasteiger partial charge in [0.1, 0.15) is 0 Å². The molecule has 5 rings (SSSR count). The molecule has 0 radical (unpaired) electrons. The Morgan fingerprint density at radius 2 is 2.12 bits per heavy atom. The number of piperidine rings is 3. The number of fused-ring (bicyclic) bond motifs is 3. The number of nitrogens with one attached hydrogen (secondary N) is 1. The zero-order chi connectivity index (χ0) is 17.4. The van der Waals surface area contributed by atoms with Crippen molar-refractivity contribution in [1.82, 2.24) is 20.0 Å². The number of rotatable bonds is 4. The van der Waals surface area contributed by atoms with Gasteiger partial charge in [0.15, 0.2) is 0 Å². The minimum absolute atomic E-state index is 0.0679. The van der Waals surface area contributed by atoms with Gasteiger partial charge in [0.2, 0.25) is 5.91 Å². The largest absolute Gasteiger partial charge is 0.355 e. The highest BCUT2D eigenvalue weighted by Crippen LogP contribution is 2.42. The van der Waals surface area contributed by atoms with Crippen LogP contribution in [0.3, 0.4) is 0 Å². The Morgan fingerprint density at radius 1 is 1.32 bits per heavy atom. The van der Waals surface area contributed by atoms with Crippen LogP contribution in [0.4, 0.5) is 0 Å². The molecule has 1 amide bonds. The maximum absolute atomic E-state index is 11.2. The van der Waals surface area contributed by atoms with Crippen LogP contribution in [0.25, 0.3) is 11.3 Å². The normalized spacial score (nSPS) is 28.1. The van der Waals surface area contributed by atoms with Gasteiger partial charge in [0.25, 0.3) is 0 Å². The summed E-state index contributed by atoms with van der Waals surface area (Å²) in [6.45, 7) is 4.59. The van der Waals surface area contributed by atoms with Crippen molar-refractivity contribution in [2.45, 2.75) is 31.7 Å². The Kier molecular flexibility index (Phi) is 4.34. The molecular weight excluding hydrogens is 312 g/mol. The van der Waals surface area contributed by atoms with Gasteiger partial charge < -0.3 is 5.32 Å². The lowest BCUT2D eigenvalue weighted by molar-refractivity contribution is -0.119. The van der Waals surface area contributed by atoms with E-state index < -0.39 is 0 Å². The minimum atomic E-state index is 0.0679. The van der Waals surface area contributed by atoms with Crippen molar-refractivity contribution < 1.29 is 4.79 Å². The van der Waals surface area contributed by atoms with Gasteiger partial charge in [-0.3, -0.25) is 14.4 Å². The van der Waals surface area contributed by atoms with E-state index in [1.54, 1.807) is 6.92 Å². The van der Waals surface area contributed by atoms with E-state index in [4.69, 9.17) is 5.10 Å². The standard InChI is InChI=1S/C20H26N4O/c1-14(25)21-12-17-10-16-8-9-24(17)13-18(16)20-11-19(22-23(20)2)15-6-4-3-5-7-15/h3-7,11,16-18H,8-10,12-13H2,1-2H3,(H,21,25)/t16-,17-,18+/m1/s1. The Morgan fingerprint density at radius 3 is 2.80 bits per heavy atom. The average Bonchev–Trinajstić information content (AvgIpc) is 3.03. The molecule has 0 aliphatic carbocycles. The van der Waals surface area contributed by atoms with Crippen LogP contribution in [-0.4, -0.2) is 46.3 Å². The van der Waals surface area contributed by atoms with E-state index in [1.807, 2.05) is 6.07 Å². The lowest BCUT2D eigenvalue weighted by Crippen LogP contribution is -2.56. The molecule has 4 atom stereocenters. The second kappa shape index (κ2) is 6.64.